The summed E-state index contributed by atoms with van der Waals surface area (Å²) < 4.78 is 1.64. The topological polar surface area (TPSA) is 62.5 Å². The van der Waals surface area contributed by atoms with Crippen LogP contribution >= 0.6 is 0 Å². The van der Waals surface area contributed by atoms with Crippen molar-refractivity contribution in [3.8, 4) is 11.1 Å². The Labute approximate surface area is 137 Å². The fourth-order valence-corrected chi connectivity index (χ4v) is 2.66. The van der Waals surface area contributed by atoms with Crippen LogP contribution in [0.5, 0.6) is 0 Å². The molecule has 4 nitrogen and oxygen atoms in total. The zero-order chi connectivity index (χ0) is 17.2. The molecule has 0 bridgehead atoms. The number of aromatic nitrogens is 1. The van der Waals surface area contributed by atoms with Gasteiger partial charge in [0, 0.05) is 24.4 Å². The number of rotatable bonds is 5. The van der Waals surface area contributed by atoms with Gasteiger partial charge in [-0.25, -0.2) is 0 Å². The van der Waals surface area contributed by atoms with Crippen molar-refractivity contribution in [2.45, 2.75) is 52.9 Å². The summed E-state index contributed by atoms with van der Waals surface area (Å²) in [6, 6.07) is 7.45. The van der Waals surface area contributed by atoms with Gasteiger partial charge in [-0.05, 0) is 56.4 Å². The lowest BCUT2D eigenvalue weighted by molar-refractivity contribution is 0.0659. The molecule has 2 N–H and O–H groups in total. The van der Waals surface area contributed by atoms with E-state index in [4.69, 9.17) is 0 Å². The smallest absolute Gasteiger partial charge is 0.250 e. The Bertz CT molecular complexity index is 754. The number of pyridine rings is 1. The molecule has 1 aromatic carbocycles. The predicted molar refractivity (Wildman–Crippen MR) is 92.4 cm³/mol. The van der Waals surface area contributed by atoms with Crippen molar-refractivity contribution in [2.24, 2.45) is 0 Å². The summed E-state index contributed by atoms with van der Waals surface area (Å²) in [4.78, 5) is 12.2. The van der Waals surface area contributed by atoms with Crippen LogP contribution in [-0.2, 0) is 13.2 Å². The summed E-state index contributed by atoms with van der Waals surface area (Å²) in [6.45, 7) is 7.84. The van der Waals surface area contributed by atoms with Gasteiger partial charge in [-0.3, -0.25) is 4.79 Å². The van der Waals surface area contributed by atoms with Gasteiger partial charge in [0.2, 0.25) is 0 Å². The van der Waals surface area contributed by atoms with Crippen LogP contribution in [0.4, 0.5) is 0 Å². The van der Waals surface area contributed by atoms with Crippen molar-refractivity contribution >= 4 is 0 Å². The molecule has 0 aliphatic rings. The summed E-state index contributed by atoms with van der Waals surface area (Å²) in [6.07, 6.45) is 2.36. The van der Waals surface area contributed by atoms with Gasteiger partial charge in [-0.15, -0.1) is 0 Å². The van der Waals surface area contributed by atoms with E-state index < -0.39 is 5.60 Å². The Kier molecular flexibility index (Phi) is 5.07. The number of aryl methyl sites for hydroxylation is 2. The number of hydrogen-bond acceptors (Lipinski definition) is 3. The third-order valence-electron chi connectivity index (χ3n) is 4.20. The Morgan fingerprint density at radius 1 is 1.17 bits per heavy atom. The minimum atomic E-state index is -0.808. The molecule has 23 heavy (non-hydrogen) atoms. The molecule has 2 aromatic rings. The maximum absolute atomic E-state index is 12.2. The van der Waals surface area contributed by atoms with Gasteiger partial charge in [-0.2, -0.15) is 0 Å². The standard InChI is InChI=1S/C19H25NO3/c1-13-10-18(22)20(9-8-19(3,4)23)11-17(13)16-7-5-6-15(12-21)14(16)2/h5-7,10-11,21,23H,8-9,12H2,1-4H3. The molecule has 0 spiro atoms. The van der Waals surface area contributed by atoms with Crippen LogP contribution in [0.2, 0.25) is 0 Å². The molecule has 0 unspecified atom stereocenters. The summed E-state index contributed by atoms with van der Waals surface area (Å²) >= 11 is 0. The van der Waals surface area contributed by atoms with Crippen LogP contribution in [0.1, 0.15) is 37.0 Å². The fourth-order valence-electron chi connectivity index (χ4n) is 2.66. The van der Waals surface area contributed by atoms with Gasteiger partial charge in [0.05, 0.1) is 12.2 Å². The highest BCUT2D eigenvalue weighted by Gasteiger charge is 2.14. The first kappa shape index (κ1) is 17.4. The van der Waals surface area contributed by atoms with E-state index in [1.165, 1.54) is 0 Å². The molecule has 0 aliphatic carbocycles. The van der Waals surface area contributed by atoms with E-state index in [9.17, 15) is 15.0 Å². The van der Waals surface area contributed by atoms with Gasteiger partial charge in [0.1, 0.15) is 0 Å². The van der Waals surface area contributed by atoms with Crippen molar-refractivity contribution in [3.63, 3.8) is 0 Å². The second kappa shape index (κ2) is 6.69. The molecule has 0 radical (unpaired) electrons. The third-order valence-corrected chi connectivity index (χ3v) is 4.20. The molecule has 0 saturated carbocycles. The molecule has 0 saturated heterocycles. The Hall–Kier alpha value is -1.91. The van der Waals surface area contributed by atoms with E-state index in [0.717, 1.165) is 27.8 Å². The van der Waals surface area contributed by atoms with E-state index >= 15 is 0 Å². The Morgan fingerprint density at radius 2 is 1.87 bits per heavy atom. The van der Waals surface area contributed by atoms with Crippen molar-refractivity contribution in [1.29, 1.82) is 0 Å². The van der Waals surface area contributed by atoms with Crippen LogP contribution in [0.25, 0.3) is 11.1 Å². The fraction of sp³-hybridized carbons (Fsp3) is 0.421. The summed E-state index contributed by atoms with van der Waals surface area (Å²) in [5, 5.41) is 19.3. The van der Waals surface area contributed by atoms with Crippen molar-refractivity contribution in [3.05, 3.63) is 57.5 Å². The molecule has 0 fully saturated rings. The van der Waals surface area contributed by atoms with E-state index in [1.54, 1.807) is 24.5 Å². The Balaban J connectivity index is 2.50. The van der Waals surface area contributed by atoms with Crippen LogP contribution in [0.3, 0.4) is 0 Å². The van der Waals surface area contributed by atoms with Gasteiger partial charge < -0.3 is 14.8 Å². The first-order valence-corrected chi connectivity index (χ1v) is 7.86. The van der Waals surface area contributed by atoms with Crippen LogP contribution in [-0.4, -0.2) is 20.4 Å². The number of hydrogen-bond donors (Lipinski definition) is 2. The van der Waals surface area contributed by atoms with Gasteiger partial charge >= 0.3 is 0 Å². The van der Waals surface area contributed by atoms with Crippen molar-refractivity contribution in [1.82, 2.24) is 4.57 Å². The summed E-state index contributed by atoms with van der Waals surface area (Å²) in [5.41, 5.74) is 3.94. The largest absolute Gasteiger partial charge is 0.392 e. The lowest BCUT2D eigenvalue weighted by Gasteiger charge is -2.19. The van der Waals surface area contributed by atoms with E-state index in [-0.39, 0.29) is 12.2 Å². The third kappa shape index (κ3) is 4.09. The van der Waals surface area contributed by atoms with Crippen LogP contribution < -0.4 is 5.56 Å². The number of nitrogens with zero attached hydrogens (tertiary/aromatic N) is 1. The average Bonchev–Trinajstić information content (AvgIpc) is 2.46. The summed E-state index contributed by atoms with van der Waals surface area (Å²) in [5.74, 6) is 0. The van der Waals surface area contributed by atoms with E-state index in [0.29, 0.717) is 13.0 Å². The van der Waals surface area contributed by atoms with E-state index in [1.807, 2.05) is 38.2 Å². The number of aliphatic hydroxyl groups excluding tert-OH is 1. The minimum Gasteiger partial charge on any atom is -0.392 e. The zero-order valence-electron chi connectivity index (χ0n) is 14.3. The number of benzene rings is 1. The highest BCUT2D eigenvalue weighted by molar-refractivity contribution is 5.70. The SMILES string of the molecule is Cc1cc(=O)n(CCC(C)(C)O)cc1-c1cccc(CO)c1C. The lowest BCUT2D eigenvalue weighted by atomic mass is 9.95. The maximum Gasteiger partial charge on any atom is 0.250 e. The molecular formula is C19H25NO3. The predicted octanol–water partition coefficient (Wildman–Crippen LogP) is 2.79. The summed E-state index contributed by atoms with van der Waals surface area (Å²) in [7, 11) is 0. The molecule has 2 rings (SSSR count). The molecule has 0 amide bonds. The van der Waals surface area contributed by atoms with Gasteiger partial charge in [-0.1, -0.05) is 18.2 Å². The normalized spacial score (nSPS) is 11.7. The monoisotopic (exact) mass is 315 g/mol. The highest BCUT2D eigenvalue weighted by Crippen LogP contribution is 2.28. The minimum absolute atomic E-state index is 0.00291. The van der Waals surface area contributed by atoms with Crippen molar-refractivity contribution in [2.75, 3.05) is 0 Å². The second-order valence-electron chi connectivity index (χ2n) is 6.71. The molecule has 4 heteroatoms. The Morgan fingerprint density at radius 3 is 2.48 bits per heavy atom. The first-order valence-electron chi connectivity index (χ1n) is 7.86. The van der Waals surface area contributed by atoms with Crippen LogP contribution in [0, 0.1) is 13.8 Å². The first-order chi connectivity index (χ1) is 10.7. The molecule has 124 valence electrons. The molecule has 0 aliphatic heterocycles. The maximum atomic E-state index is 12.2. The molecule has 1 aromatic heterocycles. The zero-order valence-corrected chi connectivity index (χ0v) is 14.3. The highest BCUT2D eigenvalue weighted by atomic mass is 16.3. The second-order valence-corrected chi connectivity index (χ2v) is 6.71. The van der Waals surface area contributed by atoms with Crippen molar-refractivity contribution < 1.29 is 10.2 Å². The lowest BCUT2D eigenvalue weighted by Crippen LogP contribution is -2.26. The molecular weight excluding hydrogens is 290 g/mol. The average molecular weight is 315 g/mol. The van der Waals surface area contributed by atoms with E-state index in [2.05, 4.69) is 0 Å². The number of aliphatic hydroxyl groups is 2. The van der Waals surface area contributed by atoms with Gasteiger partial charge in [0.25, 0.3) is 5.56 Å². The van der Waals surface area contributed by atoms with Crippen LogP contribution in [0.15, 0.2) is 35.3 Å². The molecule has 0 atom stereocenters. The van der Waals surface area contributed by atoms with Gasteiger partial charge in [0.15, 0.2) is 0 Å². The molecule has 1 heterocycles. The quantitative estimate of drug-likeness (QED) is 0.892.